The van der Waals surface area contributed by atoms with E-state index in [0.29, 0.717) is 17.9 Å². The maximum absolute atomic E-state index is 12.0. The first kappa shape index (κ1) is 16.3. The van der Waals surface area contributed by atoms with Crippen LogP contribution in [0.15, 0.2) is 40.6 Å². The number of thiophene rings is 1. The van der Waals surface area contributed by atoms with Gasteiger partial charge in [-0.1, -0.05) is 19.9 Å². The molecule has 3 rings (SSSR count). The fourth-order valence-corrected chi connectivity index (χ4v) is 3.21. The van der Waals surface area contributed by atoms with Crippen LogP contribution in [0.25, 0.3) is 5.65 Å². The molecule has 0 atom stereocenters. The number of nitrogens with zero attached hydrogens (tertiary/aromatic N) is 2. The molecule has 0 bridgehead atoms. The number of fused-ring (bicyclic) bond motifs is 1. The Bertz CT molecular complexity index is 895. The van der Waals surface area contributed by atoms with Crippen LogP contribution in [0.2, 0.25) is 0 Å². The molecule has 3 N–H and O–H groups in total. The fourth-order valence-electron chi connectivity index (χ4n) is 2.35. The van der Waals surface area contributed by atoms with Gasteiger partial charge in [-0.15, -0.1) is 11.3 Å². The summed E-state index contributed by atoms with van der Waals surface area (Å²) in [6, 6.07) is 6.89. The van der Waals surface area contributed by atoms with E-state index in [4.69, 9.17) is 0 Å². The van der Waals surface area contributed by atoms with E-state index < -0.39 is 0 Å². The van der Waals surface area contributed by atoms with Crippen molar-refractivity contribution in [1.29, 1.82) is 0 Å². The van der Waals surface area contributed by atoms with E-state index in [0.717, 1.165) is 0 Å². The van der Waals surface area contributed by atoms with Gasteiger partial charge in [-0.2, -0.15) is 0 Å². The second-order valence-corrected chi connectivity index (χ2v) is 7.09. The second kappa shape index (κ2) is 6.48. The number of H-pyrrole nitrogens is 1. The zero-order valence-corrected chi connectivity index (χ0v) is 14.3. The number of hydrogen-bond donors (Lipinski definition) is 3. The summed E-state index contributed by atoms with van der Waals surface area (Å²) < 4.78 is 1.34. The Kier molecular flexibility index (Phi) is 4.39. The minimum Gasteiger partial charge on any atom is -0.337 e. The van der Waals surface area contributed by atoms with Gasteiger partial charge >= 0.3 is 6.03 Å². The first-order chi connectivity index (χ1) is 11.5. The predicted octanol–water partition coefficient (Wildman–Crippen LogP) is 1.86. The van der Waals surface area contributed by atoms with Crippen molar-refractivity contribution in [1.82, 2.24) is 25.2 Å². The summed E-state index contributed by atoms with van der Waals surface area (Å²) in [6.45, 7) is 4.89. The van der Waals surface area contributed by atoms with Crippen molar-refractivity contribution in [3.05, 3.63) is 56.8 Å². The van der Waals surface area contributed by atoms with E-state index in [1.165, 1.54) is 15.5 Å². The normalized spacial score (nSPS) is 11.6. The number of nitrogens with one attached hydrogen (secondary N) is 3. The van der Waals surface area contributed by atoms with E-state index in [-0.39, 0.29) is 23.6 Å². The molecule has 0 aliphatic rings. The number of urea groups is 1. The summed E-state index contributed by atoms with van der Waals surface area (Å²) in [4.78, 5) is 29.4. The Morgan fingerprint density at radius 2 is 2.21 bits per heavy atom. The van der Waals surface area contributed by atoms with E-state index in [2.05, 4.69) is 40.6 Å². The van der Waals surface area contributed by atoms with Crippen molar-refractivity contribution in [2.45, 2.75) is 25.8 Å². The van der Waals surface area contributed by atoms with Gasteiger partial charge in [-0.05, 0) is 11.4 Å². The summed E-state index contributed by atoms with van der Waals surface area (Å²) in [6.07, 6.45) is 1.64. The Hall–Kier alpha value is -2.61. The van der Waals surface area contributed by atoms with E-state index in [9.17, 15) is 9.59 Å². The van der Waals surface area contributed by atoms with Gasteiger partial charge in [0, 0.05) is 35.2 Å². The van der Waals surface area contributed by atoms with Crippen LogP contribution >= 0.6 is 11.3 Å². The quantitative estimate of drug-likeness (QED) is 0.659. The largest absolute Gasteiger partial charge is 0.337 e. The standard InChI is InChI=1S/C16H19N5O2S/c1-16(2,12-4-3-7-24-12)10-18-15(23)17-9-11-8-14(22)21-13(20-11)5-6-19-21/h3-8,19H,9-10H2,1-2H3,(H2,17,18,23). The van der Waals surface area contributed by atoms with Gasteiger partial charge in [0.05, 0.1) is 12.2 Å². The molecular weight excluding hydrogens is 326 g/mol. The first-order valence-corrected chi connectivity index (χ1v) is 8.45. The lowest BCUT2D eigenvalue weighted by Crippen LogP contribution is -2.42. The van der Waals surface area contributed by atoms with Crippen LogP contribution in [-0.4, -0.2) is 27.2 Å². The number of amides is 2. The third kappa shape index (κ3) is 3.48. The van der Waals surface area contributed by atoms with Crippen LogP contribution in [0.5, 0.6) is 0 Å². The minimum atomic E-state index is -0.282. The lowest BCUT2D eigenvalue weighted by Gasteiger charge is -2.23. The zero-order chi connectivity index (χ0) is 17.2. The van der Waals surface area contributed by atoms with Crippen molar-refractivity contribution >= 4 is 23.0 Å². The Labute approximate surface area is 142 Å². The number of carbonyl (C=O) groups excluding carboxylic acids is 1. The smallest absolute Gasteiger partial charge is 0.315 e. The highest BCUT2D eigenvalue weighted by atomic mass is 32.1. The molecule has 24 heavy (non-hydrogen) atoms. The molecule has 3 aromatic heterocycles. The molecule has 3 heterocycles. The van der Waals surface area contributed by atoms with Gasteiger partial charge in [0.25, 0.3) is 5.56 Å². The highest BCUT2D eigenvalue weighted by molar-refractivity contribution is 7.10. The third-order valence-corrected chi connectivity index (χ3v) is 4.98. The van der Waals surface area contributed by atoms with Gasteiger partial charge in [0.2, 0.25) is 0 Å². The predicted molar refractivity (Wildman–Crippen MR) is 93.4 cm³/mol. The second-order valence-electron chi connectivity index (χ2n) is 6.14. The summed E-state index contributed by atoms with van der Waals surface area (Å²) in [7, 11) is 0. The number of aromatic nitrogens is 3. The van der Waals surface area contributed by atoms with E-state index >= 15 is 0 Å². The number of hydrogen-bond acceptors (Lipinski definition) is 4. The lowest BCUT2D eigenvalue weighted by molar-refractivity contribution is 0.238. The average Bonchev–Trinajstić information content (AvgIpc) is 3.22. The molecule has 0 spiro atoms. The lowest BCUT2D eigenvalue weighted by atomic mass is 9.91. The van der Waals surface area contributed by atoms with Crippen LogP contribution in [0.4, 0.5) is 4.79 Å². The molecule has 2 amide bonds. The fraction of sp³-hybridized carbons (Fsp3) is 0.312. The molecule has 0 unspecified atom stereocenters. The Morgan fingerprint density at radius 3 is 2.96 bits per heavy atom. The van der Waals surface area contributed by atoms with Crippen LogP contribution in [0, 0.1) is 0 Å². The summed E-state index contributed by atoms with van der Waals surface area (Å²) >= 11 is 1.67. The zero-order valence-electron chi connectivity index (χ0n) is 13.5. The minimum absolute atomic E-state index is 0.132. The summed E-state index contributed by atoms with van der Waals surface area (Å²) in [5.41, 5.74) is 0.707. The molecule has 0 saturated carbocycles. The maximum Gasteiger partial charge on any atom is 0.315 e. The van der Waals surface area contributed by atoms with E-state index in [1.54, 1.807) is 23.6 Å². The molecule has 3 aromatic rings. The van der Waals surface area contributed by atoms with Crippen LogP contribution in [-0.2, 0) is 12.0 Å². The number of aromatic amines is 1. The van der Waals surface area contributed by atoms with Crippen LogP contribution in [0.1, 0.15) is 24.4 Å². The summed E-state index contributed by atoms with van der Waals surface area (Å²) in [5.74, 6) is 0. The summed E-state index contributed by atoms with van der Waals surface area (Å²) in [5, 5.41) is 10.4. The molecule has 0 radical (unpaired) electrons. The molecule has 0 aromatic carbocycles. The van der Waals surface area contributed by atoms with Gasteiger partial charge < -0.3 is 10.6 Å². The van der Waals surface area contributed by atoms with Crippen molar-refractivity contribution in [3.63, 3.8) is 0 Å². The van der Waals surface area contributed by atoms with Crippen molar-refractivity contribution in [2.24, 2.45) is 0 Å². The highest BCUT2D eigenvalue weighted by Gasteiger charge is 2.22. The van der Waals surface area contributed by atoms with Gasteiger partial charge in [0.15, 0.2) is 5.65 Å². The molecule has 0 fully saturated rings. The molecule has 0 saturated heterocycles. The number of rotatable bonds is 5. The molecule has 7 nitrogen and oxygen atoms in total. The molecular formula is C16H19N5O2S. The maximum atomic E-state index is 12.0. The molecule has 126 valence electrons. The van der Waals surface area contributed by atoms with E-state index in [1.807, 2.05) is 11.4 Å². The van der Waals surface area contributed by atoms with Gasteiger partial charge in [-0.25, -0.2) is 14.3 Å². The monoisotopic (exact) mass is 345 g/mol. The Morgan fingerprint density at radius 1 is 1.38 bits per heavy atom. The molecule has 8 heteroatoms. The highest BCUT2D eigenvalue weighted by Crippen LogP contribution is 2.26. The third-order valence-electron chi connectivity index (χ3n) is 3.74. The Balaban J connectivity index is 1.56. The van der Waals surface area contributed by atoms with Crippen molar-refractivity contribution in [3.8, 4) is 0 Å². The van der Waals surface area contributed by atoms with Crippen molar-refractivity contribution in [2.75, 3.05) is 6.54 Å². The number of carbonyl (C=O) groups is 1. The van der Waals surface area contributed by atoms with Gasteiger partial charge in [0.1, 0.15) is 0 Å². The molecule has 0 aliphatic carbocycles. The van der Waals surface area contributed by atoms with Gasteiger partial charge in [-0.3, -0.25) is 9.89 Å². The van der Waals surface area contributed by atoms with Crippen LogP contribution in [0.3, 0.4) is 0 Å². The SMILES string of the molecule is CC(C)(CNC(=O)NCc1cc(=O)n2[nH]ccc2n1)c1cccs1. The molecule has 0 aliphatic heterocycles. The topological polar surface area (TPSA) is 91.3 Å². The average molecular weight is 345 g/mol. The first-order valence-electron chi connectivity index (χ1n) is 7.57. The van der Waals surface area contributed by atoms with Crippen LogP contribution < -0.4 is 16.2 Å². The van der Waals surface area contributed by atoms with Crippen molar-refractivity contribution < 1.29 is 4.79 Å².